The van der Waals surface area contributed by atoms with Crippen molar-refractivity contribution in [3.05, 3.63) is 69.8 Å². The van der Waals surface area contributed by atoms with Gasteiger partial charge >= 0.3 is 0 Å². The molecule has 1 aliphatic rings. The van der Waals surface area contributed by atoms with Crippen LogP contribution in [0.4, 0.5) is 0 Å². The van der Waals surface area contributed by atoms with E-state index in [0.29, 0.717) is 19.3 Å². The van der Waals surface area contributed by atoms with E-state index < -0.39 is 0 Å². The van der Waals surface area contributed by atoms with Crippen molar-refractivity contribution in [1.82, 2.24) is 0 Å². The zero-order chi connectivity index (χ0) is 29.8. The number of fused-ring (bicyclic) bond motifs is 1. The van der Waals surface area contributed by atoms with Crippen LogP contribution in [0.5, 0.6) is 0 Å². The molecule has 0 fully saturated rings. The molecule has 4 heteroatoms. The van der Waals surface area contributed by atoms with E-state index >= 15 is 0 Å². The van der Waals surface area contributed by atoms with Gasteiger partial charge in [0.15, 0.2) is 11.6 Å². The SMILES string of the molecule is CCC.CCCC(CC1CC(=O)c2c(C)ccc(CCC(=O)c3cccc(C)c3)c2C1)C(CC)C(=O)CC(C)=O. The second-order valence-corrected chi connectivity index (χ2v) is 11.7. The Kier molecular flexibility index (Phi) is 13.7. The van der Waals surface area contributed by atoms with E-state index in [0.717, 1.165) is 65.5 Å². The number of carbonyl (C=O) groups is 4. The van der Waals surface area contributed by atoms with E-state index in [-0.39, 0.29) is 47.3 Å². The van der Waals surface area contributed by atoms with Gasteiger partial charge in [-0.3, -0.25) is 19.2 Å². The van der Waals surface area contributed by atoms with E-state index in [9.17, 15) is 19.2 Å². The largest absolute Gasteiger partial charge is 0.300 e. The Morgan fingerprint density at radius 2 is 1.68 bits per heavy atom. The van der Waals surface area contributed by atoms with Gasteiger partial charge in [0, 0.05) is 29.9 Å². The lowest BCUT2D eigenvalue weighted by Gasteiger charge is -2.32. The van der Waals surface area contributed by atoms with Gasteiger partial charge in [0.1, 0.15) is 11.6 Å². The highest BCUT2D eigenvalue weighted by molar-refractivity contribution is 6.01. The fourth-order valence-corrected chi connectivity index (χ4v) is 6.25. The molecular weight excluding hydrogens is 496 g/mol. The van der Waals surface area contributed by atoms with Crippen molar-refractivity contribution in [2.45, 2.75) is 113 Å². The maximum absolute atomic E-state index is 13.3. The molecule has 0 spiro atoms. The molecule has 3 unspecified atom stereocenters. The van der Waals surface area contributed by atoms with Gasteiger partial charge < -0.3 is 0 Å². The number of Topliss-reactive ketones (excluding diaryl/α,β-unsaturated/α-hetero) is 4. The van der Waals surface area contributed by atoms with Crippen LogP contribution in [0.25, 0.3) is 0 Å². The lowest BCUT2D eigenvalue weighted by Crippen LogP contribution is -2.30. The van der Waals surface area contributed by atoms with Crippen LogP contribution in [0.1, 0.15) is 129 Å². The summed E-state index contributed by atoms with van der Waals surface area (Å²) in [6, 6.07) is 11.8. The molecule has 3 atom stereocenters. The normalized spacial score (nSPS) is 15.9. The smallest absolute Gasteiger partial charge is 0.163 e. The second-order valence-electron chi connectivity index (χ2n) is 11.7. The highest BCUT2D eigenvalue weighted by atomic mass is 16.1. The Labute approximate surface area is 242 Å². The fourth-order valence-electron chi connectivity index (χ4n) is 6.25. The summed E-state index contributed by atoms with van der Waals surface area (Å²) in [6.07, 6.45) is 7.00. The van der Waals surface area contributed by atoms with Gasteiger partial charge in [-0.05, 0) is 81.0 Å². The first-order chi connectivity index (χ1) is 19.1. The van der Waals surface area contributed by atoms with Crippen molar-refractivity contribution < 1.29 is 19.2 Å². The summed E-state index contributed by atoms with van der Waals surface area (Å²) in [5.74, 6) is 0.469. The molecule has 1 aliphatic carbocycles. The van der Waals surface area contributed by atoms with Crippen LogP contribution in [0, 0.1) is 31.6 Å². The van der Waals surface area contributed by atoms with Crippen molar-refractivity contribution in [2.75, 3.05) is 0 Å². The summed E-state index contributed by atoms with van der Waals surface area (Å²) in [6.45, 7) is 13.9. The molecular formula is C36H50O4. The van der Waals surface area contributed by atoms with Crippen molar-refractivity contribution >= 4 is 23.1 Å². The summed E-state index contributed by atoms with van der Waals surface area (Å²) >= 11 is 0. The molecule has 0 amide bonds. The van der Waals surface area contributed by atoms with E-state index in [4.69, 9.17) is 0 Å². The molecule has 0 N–H and O–H groups in total. The van der Waals surface area contributed by atoms with Crippen molar-refractivity contribution in [1.29, 1.82) is 0 Å². The van der Waals surface area contributed by atoms with Crippen LogP contribution in [0.15, 0.2) is 36.4 Å². The predicted octanol–water partition coefficient (Wildman–Crippen LogP) is 8.66. The first-order valence-corrected chi connectivity index (χ1v) is 15.3. The molecule has 0 saturated carbocycles. The van der Waals surface area contributed by atoms with Gasteiger partial charge in [-0.15, -0.1) is 0 Å². The van der Waals surface area contributed by atoms with Crippen LogP contribution in [0.2, 0.25) is 0 Å². The van der Waals surface area contributed by atoms with Crippen molar-refractivity contribution in [2.24, 2.45) is 17.8 Å². The third-order valence-corrected chi connectivity index (χ3v) is 7.97. The first kappa shape index (κ1) is 33.3. The Hall–Kier alpha value is -2.88. The van der Waals surface area contributed by atoms with Crippen LogP contribution in [-0.2, 0) is 22.4 Å². The highest BCUT2D eigenvalue weighted by Crippen LogP contribution is 2.38. The summed E-state index contributed by atoms with van der Waals surface area (Å²) in [5.41, 5.74) is 5.82. The third kappa shape index (κ3) is 9.35. The minimum absolute atomic E-state index is 0.00343. The fraction of sp³-hybridized carbons (Fsp3) is 0.556. The Bertz CT molecular complexity index is 1180. The molecule has 0 saturated heterocycles. The molecule has 0 aliphatic heterocycles. The van der Waals surface area contributed by atoms with Crippen LogP contribution in [0.3, 0.4) is 0 Å². The second kappa shape index (κ2) is 16.4. The van der Waals surface area contributed by atoms with Crippen LogP contribution in [-0.4, -0.2) is 23.1 Å². The summed E-state index contributed by atoms with van der Waals surface area (Å²) in [5, 5.41) is 0. The molecule has 3 rings (SSSR count). The van der Waals surface area contributed by atoms with E-state index in [1.165, 1.54) is 13.3 Å². The van der Waals surface area contributed by atoms with Crippen molar-refractivity contribution in [3.8, 4) is 0 Å². The minimum Gasteiger partial charge on any atom is -0.300 e. The Morgan fingerprint density at radius 3 is 2.27 bits per heavy atom. The number of benzene rings is 2. The van der Waals surface area contributed by atoms with Gasteiger partial charge in [0.25, 0.3) is 0 Å². The number of rotatable bonds is 13. The lowest BCUT2D eigenvalue weighted by atomic mass is 9.71. The van der Waals surface area contributed by atoms with Gasteiger partial charge in [0.05, 0.1) is 6.42 Å². The minimum atomic E-state index is -0.135. The van der Waals surface area contributed by atoms with Gasteiger partial charge in [-0.1, -0.05) is 82.9 Å². The van der Waals surface area contributed by atoms with E-state index in [2.05, 4.69) is 26.8 Å². The molecule has 218 valence electrons. The lowest BCUT2D eigenvalue weighted by molar-refractivity contribution is -0.129. The van der Waals surface area contributed by atoms with Gasteiger partial charge in [0.2, 0.25) is 0 Å². The molecule has 2 aromatic carbocycles. The monoisotopic (exact) mass is 546 g/mol. The zero-order valence-corrected chi connectivity index (χ0v) is 25.9. The molecule has 0 aromatic heterocycles. The number of aryl methyl sites for hydroxylation is 3. The topological polar surface area (TPSA) is 68.3 Å². The molecule has 4 nitrogen and oxygen atoms in total. The number of carbonyl (C=O) groups excluding carboxylic acids is 4. The zero-order valence-electron chi connectivity index (χ0n) is 25.9. The average Bonchev–Trinajstić information content (AvgIpc) is 2.88. The quantitative estimate of drug-likeness (QED) is 0.186. The van der Waals surface area contributed by atoms with E-state index in [1.807, 2.05) is 51.1 Å². The Balaban J connectivity index is 0.00000178. The van der Waals surface area contributed by atoms with Crippen LogP contribution < -0.4 is 0 Å². The molecule has 0 radical (unpaired) electrons. The molecule has 40 heavy (non-hydrogen) atoms. The van der Waals surface area contributed by atoms with E-state index in [1.54, 1.807) is 0 Å². The maximum Gasteiger partial charge on any atom is 0.163 e. The number of ketones is 4. The molecule has 2 aromatic rings. The summed E-state index contributed by atoms with van der Waals surface area (Å²) in [7, 11) is 0. The predicted molar refractivity (Wildman–Crippen MR) is 164 cm³/mol. The number of hydrogen-bond acceptors (Lipinski definition) is 4. The van der Waals surface area contributed by atoms with Gasteiger partial charge in [-0.25, -0.2) is 0 Å². The summed E-state index contributed by atoms with van der Waals surface area (Å²) < 4.78 is 0. The highest BCUT2D eigenvalue weighted by Gasteiger charge is 2.33. The van der Waals surface area contributed by atoms with Crippen molar-refractivity contribution in [3.63, 3.8) is 0 Å². The standard InChI is InChI=1S/C33H42O4.C3H8/c1-6-9-26(28(7-2)31(36)17-23(5)34)18-24-19-29-25(13-12-22(4)33(29)32(37)20-24)14-15-30(35)27-11-8-10-21(3)16-27;1-3-2/h8,10-13,16,24,26,28H,6-7,9,14-15,17-20H2,1-5H3;3H2,1-2H3. The summed E-state index contributed by atoms with van der Waals surface area (Å²) in [4.78, 5) is 50.7. The van der Waals surface area contributed by atoms with Gasteiger partial charge in [-0.2, -0.15) is 0 Å². The Morgan fingerprint density at radius 1 is 0.975 bits per heavy atom. The number of hydrogen-bond donors (Lipinski definition) is 0. The van der Waals surface area contributed by atoms with Crippen LogP contribution >= 0.6 is 0 Å². The first-order valence-electron chi connectivity index (χ1n) is 15.3. The molecule has 0 heterocycles. The third-order valence-electron chi connectivity index (χ3n) is 7.97. The maximum atomic E-state index is 13.3. The average molecular weight is 547 g/mol. The molecule has 0 bridgehead atoms.